The van der Waals surface area contributed by atoms with Gasteiger partial charge < -0.3 is 9.84 Å². The van der Waals surface area contributed by atoms with Crippen LogP contribution in [0.2, 0.25) is 0 Å². The largest absolute Gasteiger partial charge is 0.390 e. The molecule has 0 aromatic rings. The van der Waals surface area contributed by atoms with Gasteiger partial charge in [-0.2, -0.15) is 0 Å². The molecule has 1 atom stereocenters. The van der Waals surface area contributed by atoms with E-state index in [4.69, 9.17) is 4.74 Å². The van der Waals surface area contributed by atoms with Crippen molar-refractivity contribution in [2.45, 2.75) is 82.8 Å². The molecule has 2 saturated carbocycles. The molecule has 1 N–H and O–H groups in total. The molecule has 0 saturated heterocycles. The SMILES string of the molecule is OC(COC1CCCCCC1)C1CCCCC1. The number of hydrogen-bond acceptors (Lipinski definition) is 2. The maximum atomic E-state index is 10.1. The molecule has 0 radical (unpaired) electrons. The lowest BCUT2D eigenvalue weighted by atomic mass is 9.85. The molecule has 0 aromatic carbocycles. The van der Waals surface area contributed by atoms with Gasteiger partial charge in [0.05, 0.1) is 18.8 Å². The number of ether oxygens (including phenoxy) is 1. The molecule has 0 bridgehead atoms. The van der Waals surface area contributed by atoms with Crippen LogP contribution in [-0.4, -0.2) is 23.9 Å². The Kier molecular flexibility index (Phi) is 5.79. The zero-order chi connectivity index (χ0) is 11.9. The summed E-state index contributed by atoms with van der Waals surface area (Å²) in [5.41, 5.74) is 0. The monoisotopic (exact) mass is 240 g/mol. The summed E-state index contributed by atoms with van der Waals surface area (Å²) in [4.78, 5) is 0. The molecule has 0 aliphatic heterocycles. The molecule has 0 aromatic heterocycles. The zero-order valence-corrected chi connectivity index (χ0v) is 11.1. The van der Waals surface area contributed by atoms with Crippen LogP contribution in [-0.2, 0) is 4.74 Å². The van der Waals surface area contributed by atoms with Gasteiger partial charge in [0.25, 0.3) is 0 Å². The molecule has 100 valence electrons. The van der Waals surface area contributed by atoms with Gasteiger partial charge in [0, 0.05) is 0 Å². The summed E-state index contributed by atoms with van der Waals surface area (Å²) in [7, 11) is 0. The Labute approximate surface area is 106 Å². The van der Waals surface area contributed by atoms with Crippen molar-refractivity contribution in [3.63, 3.8) is 0 Å². The highest BCUT2D eigenvalue weighted by molar-refractivity contribution is 4.74. The average Bonchev–Trinajstić information content (AvgIpc) is 2.65. The molecule has 1 unspecified atom stereocenters. The van der Waals surface area contributed by atoms with Crippen LogP contribution >= 0.6 is 0 Å². The summed E-state index contributed by atoms with van der Waals surface area (Å²) >= 11 is 0. The second-order valence-electron chi connectivity index (χ2n) is 5.91. The number of aliphatic hydroxyl groups excluding tert-OH is 1. The topological polar surface area (TPSA) is 29.5 Å². The fraction of sp³-hybridized carbons (Fsp3) is 1.00. The van der Waals surface area contributed by atoms with Gasteiger partial charge in [-0.1, -0.05) is 44.9 Å². The van der Waals surface area contributed by atoms with E-state index < -0.39 is 0 Å². The minimum atomic E-state index is -0.210. The predicted molar refractivity (Wildman–Crippen MR) is 70.0 cm³/mol. The molecular weight excluding hydrogens is 212 g/mol. The van der Waals surface area contributed by atoms with Crippen molar-refractivity contribution in [3.8, 4) is 0 Å². The molecule has 2 aliphatic rings. The smallest absolute Gasteiger partial charge is 0.0801 e. The molecule has 0 heterocycles. The molecule has 0 spiro atoms. The minimum absolute atomic E-state index is 0.210. The van der Waals surface area contributed by atoms with Crippen LogP contribution in [0.3, 0.4) is 0 Å². The lowest BCUT2D eigenvalue weighted by Gasteiger charge is -2.27. The zero-order valence-electron chi connectivity index (χ0n) is 11.1. The van der Waals surface area contributed by atoms with Gasteiger partial charge in [0.2, 0.25) is 0 Å². The predicted octanol–water partition coefficient (Wildman–Crippen LogP) is 3.67. The Balaban J connectivity index is 1.65. The quantitative estimate of drug-likeness (QED) is 0.760. The van der Waals surface area contributed by atoms with Crippen molar-refractivity contribution in [3.05, 3.63) is 0 Å². The van der Waals surface area contributed by atoms with Crippen molar-refractivity contribution in [1.82, 2.24) is 0 Å². The first-order valence-corrected chi connectivity index (χ1v) is 7.66. The third kappa shape index (κ3) is 4.59. The first-order valence-electron chi connectivity index (χ1n) is 7.66. The molecule has 17 heavy (non-hydrogen) atoms. The fourth-order valence-electron chi connectivity index (χ4n) is 3.30. The van der Waals surface area contributed by atoms with Crippen molar-refractivity contribution in [2.75, 3.05) is 6.61 Å². The standard InChI is InChI=1S/C15H28O2/c16-15(13-8-4-3-5-9-13)12-17-14-10-6-1-2-7-11-14/h13-16H,1-12H2. The van der Waals surface area contributed by atoms with Crippen molar-refractivity contribution in [2.24, 2.45) is 5.92 Å². The number of aliphatic hydroxyl groups is 1. The Morgan fingerprint density at radius 1 is 0.824 bits per heavy atom. The van der Waals surface area contributed by atoms with Gasteiger partial charge in [-0.05, 0) is 31.6 Å². The summed E-state index contributed by atoms with van der Waals surface area (Å²) < 4.78 is 5.93. The first kappa shape index (κ1) is 13.4. The van der Waals surface area contributed by atoms with Crippen molar-refractivity contribution in [1.29, 1.82) is 0 Å². The Hall–Kier alpha value is -0.0800. The summed E-state index contributed by atoms with van der Waals surface area (Å²) in [6.45, 7) is 0.579. The van der Waals surface area contributed by atoms with Gasteiger partial charge in [0.15, 0.2) is 0 Å². The second kappa shape index (κ2) is 7.38. The van der Waals surface area contributed by atoms with E-state index in [2.05, 4.69) is 0 Å². The third-order valence-corrected chi connectivity index (χ3v) is 4.50. The van der Waals surface area contributed by atoms with Crippen LogP contribution in [0.5, 0.6) is 0 Å². The van der Waals surface area contributed by atoms with E-state index in [9.17, 15) is 5.11 Å². The van der Waals surface area contributed by atoms with E-state index >= 15 is 0 Å². The van der Waals surface area contributed by atoms with Crippen LogP contribution in [0.25, 0.3) is 0 Å². The Morgan fingerprint density at radius 3 is 2.00 bits per heavy atom. The molecule has 2 nitrogen and oxygen atoms in total. The minimum Gasteiger partial charge on any atom is -0.390 e. The van der Waals surface area contributed by atoms with Crippen molar-refractivity contribution < 1.29 is 9.84 Å². The van der Waals surface area contributed by atoms with Crippen molar-refractivity contribution >= 4 is 0 Å². The highest BCUT2D eigenvalue weighted by atomic mass is 16.5. The molecule has 0 amide bonds. The summed E-state index contributed by atoms with van der Waals surface area (Å²) in [6.07, 6.45) is 14.3. The van der Waals surface area contributed by atoms with Gasteiger partial charge in [-0.25, -0.2) is 0 Å². The van der Waals surface area contributed by atoms with Gasteiger partial charge in [0.1, 0.15) is 0 Å². The van der Waals surface area contributed by atoms with E-state index in [-0.39, 0.29) is 6.10 Å². The maximum absolute atomic E-state index is 10.1. The average molecular weight is 240 g/mol. The molecule has 2 rings (SSSR count). The summed E-state index contributed by atoms with van der Waals surface area (Å²) in [5.74, 6) is 0.509. The van der Waals surface area contributed by atoms with Crippen LogP contribution in [0.4, 0.5) is 0 Å². The van der Waals surface area contributed by atoms with E-state index in [1.165, 1.54) is 70.6 Å². The first-order chi connectivity index (χ1) is 8.36. The van der Waals surface area contributed by atoms with Gasteiger partial charge in [-0.3, -0.25) is 0 Å². The molecule has 2 aliphatic carbocycles. The molecule has 2 heteroatoms. The highest BCUT2D eigenvalue weighted by Crippen LogP contribution is 2.27. The van der Waals surface area contributed by atoms with Crippen LogP contribution < -0.4 is 0 Å². The van der Waals surface area contributed by atoms with E-state index in [0.717, 1.165) is 0 Å². The van der Waals surface area contributed by atoms with E-state index in [0.29, 0.717) is 18.6 Å². The lowest BCUT2D eigenvalue weighted by Crippen LogP contribution is -2.29. The molecular formula is C15H28O2. The molecule has 2 fully saturated rings. The Morgan fingerprint density at radius 2 is 1.35 bits per heavy atom. The van der Waals surface area contributed by atoms with E-state index in [1.54, 1.807) is 0 Å². The maximum Gasteiger partial charge on any atom is 0.0801 e. The van der Waals surface area contributed by atoms with Gasteiger partial charge >= 0.3 is 0 Å². The van der Waals surface area contributed by atoms with Crippen LogP contribution in [0.15, 0.2) is 0 Å². The van der Waals surface area contributed by atoms with Gasteiger partial charge in [-0.15, -0.1) is 0 Å². The van der Waals surface area contributed by atoms with E-state index in [1.807, 2.05) is 0 Å². The Bertz CT molecular complexity index is 191. The third-order valence-electron chi connectivity index (χ3n) is 4.50. The van der Waals surface area contributed by atoms with Crippen LogP contribution in [0.1, 0.15) is 70.6 Å². The number of rotatable bonds is 4. The lowest BCUT2D eigenvalue weighted by molar-refractivity contribution is -0.0417. The fourth-order valence-corrected chi connectivity index (χ4v) is 3.30. The normalized spacial score (nSPS) is 26.6. The summed E-state index contributed by atoms with van der Waals surface area (Å²) in [5, 5.41) is 10.1. The second-order valence-corrected chi connectivity index (χ2v) is 5.91. The highest BCUT2D eigenvalue weighted by Gasteiger charge is 2.23. The van der Waals surface area contributed by atoms with Crippen LogP contribution in [0, 0.1) is 5.92 Å². The number of hydrogen-bond donors (Lipinski definition) is 1. The summed E-state index contributed by atoms with van der Waals surface area (Å²) in [6, 6.07) is 0.